The Morgan fingerprint density at radius 1 is 1.04 bits per heavy atom. The van der Waals surface area contributed by atoms with E-state index in [1.165, 1.54) is 0 Å². The van der Waals surface area contributed by atoms with Gasteiger partial charge in [-0.3, -0.25) is 4.79 Å². The lowest BCUT2D eigenvalue weighted by atomic mass is 10.2. The molecule has 0 aliphatic carbocycles. The lowest BCUT2D eigenvalue weighted by Crippen LogP contribution is -2.17. The molecule has 0 aliphatic heterocycles. The molecule has 1 amide bonds. The molecule has 0 fully saturated rings. The Kier molecular flexibility index (Phi) is 6.65. The molecule has 3 rings (SSSR count). The van der Waals surface area contributed by atoms with Gasteiger partial charge in [0.25, 0.3) is 5.91 Å². The van der Waals surface area contributed by atoms with E-state index in [0.29, 0.717) is 28.7 Å². The van der Waals surface area contributed by atoms with Gasteiger partial charge < -0.3 is 9.47 Å². The van der Waals surface area contributed by atoms with Crippen LogP contribution in [0.15, 0.2) is 77.9 Å². The third-order valence-corrected chi connectivity index (χ3v) is 4.16. The Bertz CT molecular complexity index is 957. The molecule has 6 heteroatoms. The number of amides is 1. The Labute approximate surface area is 168 Å². The van der Waals surface area contributed by atoms with Gasteiger partial charge in [-0.15, -0.1) is 0 Å². The van der Waals surface area contributed by atoms with E-state index in [-0.39, 0.29) is 5.91 Å². The van der Waals surface area contributed by atoms with E-state index < -0.39 is 0 Å². The second kappa shape index (κ2) is 9.58. The van der Waals surface area contributed by atoms with Crippen molar-refractivity contribution in [3.05, 3.63) is 94.5 Å². The second-order valence-corrected chi connectivity index (χ2v) is 6.33. The molecule has 0 aliphatic rings. The van der Waals surface area contributed by atoms with Crippen LogP contribution in [0.1, 0.15) is 21.5 Å². The first-order valence-electron chi connectivity index (χ1n) is 8.59. The van der Waals surface area contributed by atoms with Gasteiger partial charge >= 0.3 is 0 Å². The van der Waals surface area contributed by atoms with Crippen molar-refractivity contribution in [2.45, 2.75) is 6.61 Å². The fourth-order valence-corrected chi connectivity index (χ4v) is 2.58. The number of benzene rings is 3. The van der Waals surface area contributed by atoms with Gasteiger partial charge in [0.15, 0.2) is 11.5 Å². The van der Waals surface area contributed by atoms with E-state index >= 15 is 0 Å². The molecule has 0 bridgehead atoms. The zero-order valence-electron chi connectivity index (χ0n) is 15.3. The number of nitrogens with zero attached hydrogens (tertiary/aromatic N) is 1. The minimum Gasteiger partial charge on any atom is -0.493 e. The molecular formula is C22H19ClN2O3. The lowest BCUT2D eigenvalue weighted by Gasteiger charge is -2.11. The average Bonchev–Trinajstić information content (AvgIpc) is 2.73. The predicted molar refractivity (Wildman–Crippen MR) is 110 cm³/mol. The molecule has 28 heavy (non-hydrogen) atoms. The molecule has 0 unspecified atom stereocenters. The fraction of sp³-hybridized carbons (Fsp3) is 0.0909. The number of carbonyl (C=O) groups is 1. The number of methoxy groups -OCH3 is 1. The Morgan fingerprint density at radius 3 is 2.50 bits per heavy atom. The SMILES string of the molecule is COc1ccc(/C=N/NC(=O)c2ccc(Cl)cc2)cc1OCc1ccccc1. The van der Waals surface area contributed by atoms with Crippen LogP contribution in [-0.4, -0.2) is 19.2 Å². The van der Waals surface area contributed by atoms with Gasteiger partial charge in [-0.2, -0.15) is 5.10 Å². The Morgan fingerprint density at radius 2 is 1.79 bits per heavy atom. The van der Waals surface area contributed by atoms with Crippen molar-refractivity contribution in [3.8, 4) is 11.5 Å². The monoisotopic (exact) mass is 394 g/mol. The number of hydrogen-bond donors (Lipinski definition) is 1. The number of rotatable bonds is 7. The van der Waals surface area contributed by atoms with E-state index in [1.807, 2.05) is 36.4 Å². The Hall–Kier alpha value is -3.31. The molecule has 5 nitrogen and oxygen atoms in total. The predicted octanol–water partition coefficient (Wildman–Crippen LogP) is 4.69. The van der Waals surface area contributed by atoms with E-state index in [2.05, 4.69) is 10.5 Å². The molecule has 0 aromatic heterocycles. The maximum Gasteiger partial charge on any atom is 0.271 e. The molecule has 0 radical (unpaired) electrons. The number of ether oxygens (including phenoxy) is 2. The molecule has 3 aromatic carbocycles. The van der Waals surface area contributed by atoms with Gasteiger partial charge in [0.2, 0.25) is 0 Å². The molecule has 0 saturated heterocycles. The van der Waals surface area contributed by atoms with E-state index in [0.717, 1.165) is 11.1 Å². The zero-order chi connectivity index (χ0) is 19.8. The van der Waals surface area contributed by atoms with Crippen molar-refractivity contribution in [1.29, 1.82) is 0 Å². The zero-order valence-corrected chi connectivity index (χ0v) is 16.0. The van der Waals surface area contributed by atoms with E-state index in [4.69, 9.17) is 21.1 Å². The minimum absolute atomic E-state index is 0.318. The van der Waals surface area contributed by atoms with Crippen LogP contribution in [0.25, 0.3) is 0 Å². The van der Waals surface area contributed by atoms with Gasteiger partial charge in [0, 0.05) is 10.6 Å². The molecule has 0 heterocycles. The van der Waals surface area contributed by atoms with Crippen molar-refractivity contribution < 1.29 is 14.3 Å². The summed E-state index contributed by atoms with van der Waals surface area (Å²) < 4.78 is 11.2. The number of hydrazone groups is 1. The molecule has 0 spiro atoms. The number of nitrogens with one attached hydrogen (secondary N) is 1. The number of halogens is 1. The summed E-state index contributed by atoms with van der Waals surface area (Å²) in [6.07, 6.45) is 1.54. The van der Waals surface area contributed by atoms with Crippen LogP contribution in [0.2, 0.25) is 5.02 Å². The number of carbonyl (C=O) groups excluding carboxylic acids is 1. The maximum absolute atomic E-state index is 12.1. The average molecular weight is 395 g/mol. The van der Waals surface area contributed by atoms with Gasteiger partial charge in [-0.25, -0.2) is 5.43 Å². The highest BCUT2D eigenvalue weighted by Gasteiger charge is 2.06. The van der Waals surface area contributed by atoms with Crippen LogP contribution in [-0.2, 0) is 6.61 Å². The summed E-state index contributed by atoms with van der Waals surface area (Å²) in [6, 6.07) is 21.9. The van der Waals surface area contributed by atoms with Gasteiger partial charge in [0.1, 0.15) is 6.61 Å². The van der Waals surface area contributed by atoms with Gasteiger partial charge in [0.05, 0.1) is 13.3 Å². The van der Waals surface area contributed by atoms with Crippen LogP contribution in [0, 0.1) is 0 Å². The minimum atomic E-state index is -0.318. The van der Waals surface area contributed by atoms with Gasteiger partial charge in [-0.05, 0) is 53.6 Å². The maximum atomic E-state index is 12.1. The highest BCUT2D eigenvalue weighted by molar-refractivity contribution is 6.30. The summed E-state index contributed by atoms with van der Waals surface area (Å²) in [4.78, 5) is 12.1. The summed E-state index contributed by atoms with van der Waals surface area (Å²) in [5, 5.41) is 4.57. The van der Waals surface area contributed by atoms with Crippen molar-refractivity contribution >= 4 is 23.7 Å². The lowest BCUT2D eigenvalue weighted by molar-refractivity contribution is 0.0955. The summed E-state index contributed by atoms with van der Waals surface area (Å²) in [6.45, 7) is 0.422. The van der Waals surface area contributed by atoms with Crippen LogP contribution in [0.3, 0.4) is 0 Å². The third kappa shape index (κ3) is 5.34. The van der Waals surface area contributed by atoms with E-state index in [9.17, 15) is 4.79 Å². The first-order chi connectivity index (χ1) is 13.7. The van der Waals surface area contributed by atoms with Gasteiger partial charge in [-0.1, -0.05) is 41.9 Å². The first kappa shape index (κ1) is 19.5. The smallest absolute Gasteiger partial charge is 0.271 e. The molecule has 3 aromatic rings. The highest BCUT2D eigenvalue weighted by Crippen LogP contribution is 2.28. The van der Waals surface area contributed by atoms with Crippen molar-refractivity contribution in [2.75, 3.05) is 7.11 Å². The molecule has 1 N–H and O–H groups in total. The van der Waals surface area contributed by atoms with Crippen LogP contribution in [0.5, 0.6) is 11.5 Å². The largest absolute Gasteiger partial charge is 0.493 e. The van der Waals surface area contributed by atoms with Crippen molar-refractivity contribution in [2.24, 2.45) is 5.10 Å². The highest BCUT2D eigenvalue weighted by atomic mass is 35.5. The van der Waals surface area contributed by atoms with Crippen molar-refractivity contribution in [1.82, 2.24) is 5.43 Å². The second-order valence-electron chi connectivity index (χ2n) is 5.89. The van der Waals surface area contributed by atoms with Crippen LogP contribution >= 0.6 is 11.6 Å². The summed E-state index contributed by atoms with van der Waals surface area (Å²) in [5.74, 6) is 0.902. The number of hydrogen-bond acceptors (Lipinski definition) is 4. The van der Waals surface area contributed by atoms with E-state index in [1.54, 1.807) is 49.7 Å². The molecule has 0 saturated carbocycles. The summed E-state index contributed by atoms with van der Waals surface area (Å²) in [5.41, 5.74) is 4.78. The quantitative estimate of drug-likeness (QED) is 0.467. The molecular weight excluding hydrogens is 376 g/mol. The first-order valence-corrected chi connectivity index (χ1v) is 8.97. The van der Waals surface area contributed by atoms with Crippen LogP contribution < -0.4 is 14.9 Å². The topological polar surface area (TPSA) is 59.9 Å². The summed E-state index contributed by atoms with van der Waals surface area (Å²) in [7, 11) is 1.59. The molecule has 142 valence electrons. The summed E-state index contributed by atoms with van der Waals surface area (Å²) >= 11 is 5.82. The van der Waals surface area contributed by atoms with Crippen molar-refractivity contribution in [3.63, 3.8) is 0 Å². The standard InChI is InChI=1S/C22H19ClN2O3/c1-27-20-12-7-17(13-21(20)28-15-16-5-3-2-4-6-16)14-24-25-22(26)18-8-10-19(23)11-9-18/h2-14H,15H2,1H3,(H,25,26)/b24-14+. The Balaban J connectivity index is 1.65. The third-order valence-electron chi connectivity index (χ3n) is 3.91. The fourth-order valence-electron chi connectivity index (χ4n) is 2.45. The van der Waals surface area contributed by atoms with Crippen LogP contribution in [0.4, 0.5) is 0 Å². The normalized spacial score (nSPS) is 10.6. The molecule has 0 atom stereocenters.